The first-order chi connectivity index (χ1) is 9.22. The van der Waals surface area contributed by atoms with E-state index < -0.39 is 0 Å². The van der Waals surface area contributed by atoms with Gasteiger partial charge in [0.1, 0.15) is 11.6 Å². The molecule has 2 atom stereocenters. The van der Waals surface area contributed by atoms with Crippen molar-refractivity contribution in [3.8, 4) is 5.75 Å². The molecule has 1 aromatic rings. The molecular weight excluding hydrogens is 245 g/mol. The fourth-order valence-electron chi connectivity index (χ4n) is 2.63. The molecule has 0 radical (unpaired) electrons. The van der Waals surface area contributed by atoms with Crippen molar-refractivity contribution in [2.24, 2.45) is 5.73 Å². The summed E-state index contributed by atoms with van der Waals surface area (Å²) in [6.45, 7) is 0.605. The van der Waals surface area contributed by atoms with Gasteiger partial charge in [0.2, 0.25) is 0 Å². The maximum absolute atomic E-state index is 13.2. The topological polar surface area (TPSA) is 44.5 Å². The Balaban J connectivity index is 1.81. The van der Waals surface area contributed by atoms with Crippen LogP contribution >= 0.6 is 0 Å². The minimum absolute atomic E-state index is 0.212. The van der Waals surface area contributed by atoms with Crippen LogP contribution in [-0.2, 0) is 11.2 Å². The van der Waals surface area contributed by atoms with Gasteiger partial charge in [-0.1, -0.05) is 0 Å². The van der Waals surface area contributed by atoms with Crippen molar-refractivity contribution in [2.45, 2.75) is 44.3 Å². The number of rotatable bonds is 6. The van der Waals surface area contributed by atoms with Crippen LogP contribution in [0.3, 0.4) is 0 Å². The molecule has 0 saturated carbocycles. The minimum Gasteiger partial charge on any atom is -0.496 e. The van der Waals surface area contributed by atoms with E-state index in [0.717, 1.165) is 43.4 Å². The van der Waals surface area contributed by atoms with Crippen molar-refractivity contribution in [1.82, 2.24) is 0 Å². The predicted octanol–water partition coefficient (Wildman–Crippen LogP) is 2.66. The van der Waals surface area contributed by atoms with E-state index in [-0.39, 0.29) is 11.9 Å². The van der Waals surface area contributed by atoms with Crippen molar-refractivity contribution < 1.29 is 13.9 Å². The maximum Gasteiger partial charge on any atom is 0.123 e. The highest BCUT2D eigenvalue weighted by atomic mass is 19.1. The lowest BCUT2D eigenvalue weighted by molar-refractivity contribution is 0.0445. The zero-order valence-corrected chi connectivity index (χ0v) is 11.4. The summed E-state index contributed by atoms with van der Waals surface area (Å²) in [5, 5.41) is 0. The second kappa shape index (κ2) is 6.87. The van der Waals surface area contributed by atoms with Gasteiger partial charge in [-0.05, 0) is 55.9 Å². The van der Waals surface area contributed by atoms with E-state index in [0.29, 0.717) is 12.6 Å². The predicted molar refractivity (Wildman–Crippen MR) is 72.8 cm³/mol. The molecule has 19 heavy (non-hydrogen) atoms. The maximum atomic E-state index is 13.2. The van der Waals surface area contributed by atoms with Crippen LogP contribution in [0.25, 0.3) is 0 Å². The summed E-state index contributed by atoms with van der Waals surface area (Å²) in [7, 11) is 1.61. The van der Waals surface area contributed by atoms with E-state index in [2.05, 4.69) is 0 Å². The van der Waals surface area contributed by atoms with Crippen molar-refractivity contribution in [3.05, 3.63) is 29.6 Å². The summed E-state index contributed by atoms with van der Waals surface area (Å²) in [4.78, 5) is 0. The molecule has 4 heteroatoms. The van der Waals surface area contributed by atoms with Crippen LogP contribution in [0, 0.1) is 5.82 Å². The molecule has 0 aromatic heterocycles. The molecule has 1 aliphatic heterocycles. The molecule has 0 aliphatic carbocycles. The van der Waals surface area contributed by atoms with E-state index >= 15 is 0 Å². The molecule has 1 aromatic carbocycles. The molecule has 2 N–H and O–H groups in total. The van der Waals surface area contributed by atoms with E-state index in [1.165, 1.54) is 6.07 Å². The average Bonchev–Trinajstić information content (AvgIpc) is 2.87. The molecular formula is C15H22FNO2. The number of halogens is 1. The summed E-state index contributed by atoms with van der Waals surface area (Å²) < 4.78 is 24.3. The van der Waals surface area contributed by atoms with Gasteiger partial charge in [0.25, 0.3) is 0 Å². The summed E-state index contributed by atoms with van der Waals surface area (Å²) in [5.74, 6) is 0.546. The van der Waals surface area contributed by atoms with Gasteiger partial charge in [-0.25, -0.2) is 4.39 Å². The van der Waals surface area contributed by atoms with Gasteiger partial charge in [0.15, 0.2) is 0 Å². The first-order valence-electron chi connectivity index (χ1n) is 6.91. The van der Waals surface area contributed by atoms with Crippen molar-refractivity contribution in [1.29, 1.82) is 0 Å². The van der Waals surface area contributed by atoms with Gasteiger partial charge in [-0.15, -0.1) is 0 Å². The number of ether oxygens (including phenoxy) is 2. The monoisotopic (exact) mass is 267 g/mol. The molecule has 2 unspecified atom stereocenters. The van der Waals surface area contributed by atoms with E-state index in [1.54, 1.807) is 19.2 Å². The Hall–Kier alpha value is -1.13. The van der Waals surface area contributed by atoms with Crippen LogP contribution in [0.15, 0.2) is 18.2 Å². The number of hydrogen-bond donors (Lipinski definition) is 1. The van der Waals surface area contributed by atoms with E-state index in [4.69, 9.17) is 15.2 Å². The fraction of sp³-hybridized carbons (Fsp3) is 0.600. The van der Waals surface area contributed by atoms with E-state index in [9.17, 15) is 4.39 Å². The van der Waals surface area contributed by atoms with Gasteiger partial charge < -0.3 is 15.2 Å². The lowest BCUT2D eigenvalue weighted by Gasteiger charge is -2.13. The lowest BCUT2D eigenvalue weighted by atomic mass is 10.0. The van der Waals surface area contributed by atoms with Gasteiger partial charge in [0.05, 0.1) is 19.3 Å². The zero-order valence-electron chi connectivity index (χ0n) is 11.4. The number of hydrogen-bond acceptors (Lipinski definition) is 3. The Morgan fingerprint density at radius 3 is 2.84 bits per heavy atom. The summed E-state index contributed by atoms with van der Waals surface area (Å²) in [6.07, 6.45) is 5.47. The molecule has 0 amide bonds. The van der Waals surface area contributed by atoms with Crippen LogP contribution in [0.2, 0.25) is 0 Å². The summed E-state index contributed by atoms with van der Waals surface area (Å²) in [5.41, 5.74) is 6.51. The van der Waals surface area contributed by atoms with E-state index in [1.807, 2.05) is 0 Å². The zero-order chi connectivity index (χ0) is 13.7. The molecule has 0 bridgehead atoms. The van der Waals surface area contributed by atoms with Crippen molar-refractivity contribution in [3.63, 3.8) is 0 Å². The summed E-state index contributed by atoms with van der Waals surface area (Å²) >= 11 is 0. The Kier molecular flexibility index (Phi) is 5.16. The smallest absolute Gasteiger partial charge is 0.123 e. The van der Waals surface area contributed by atoms with Crippen LogP contribution in [-0.4, -0.2) is 25.9 Å². The second-order valence-corrected chi connectivity index (χ2v) is 5.04. The minimum atomic E-state index is -0.212. The highest BCUT2D eigenvalue weighted by Gasteiger charge is 2.23. The van der Waals surface area contributed by atoms with Gasteiger partial charge >= 0.3 is 0 Å². The average molecular weight is 267 g/mol. The number of nitrogens with two attached hydrogens (primary N) is 1. The van der Waals surface area contributed by atoms with Crippen LogP contribution < -0.4 is 10.5 Å². The highest BCUT2D eigenvalue weighted by Crippen LogP contribution is 2.25. The standard InChI is InChI=1S/C15H22FNO2/c1-18-15-8-5-12(16)9-11(15)3-2-4-13-6-7-14(10-17)19-13/h5,8-9,13-14H,2-4,6-7,10,17H2,1H3. The van der Waals surface area contributed by atoms with Gasteiger partial charge in [-0.3, -0.25) is 0 Å². The fourth-order valence-corrected chi connectivity index (χ4v) is 2.63. The molecule has 1 fully saturated rings. The number of methoxy groups -OCH3 is 1. The third-order valence-electron chi connectivity index (χ3n) is 3.67. The molecule has 106 valence electrons. The third-order valence-corrected chi connectivity index (χ3v) is 3.67. The quantitative estimate of drug-likeness (QED) is 0.861. The van der Waals surface area contributed by atoms with Gasteiger partial charge in [0, 0.05) is 6.54 Å². The van der Waals surface area contributed by atoms with Crippen molar-refractivity contribution >= 4 is 0 Å². The highest BCUT2D eigenvalue weighted by molar-refractivity contribution is 5.33. The molecule has 0 spiro atoms. The largest absolute Gasteiger partial charge is 0.496 e. The van der Waals surface area contributed by atoms with Crippen LogP contribution in [0.1, 0.15) is 31.2 Å². The van der Waals surface area contributed by atoms with Crippen molar-refractivity contribution in [2.75, 3.05) is 13.7 Å². The number of aryl methyl sites for hydroxylation is 1. The molecule has 1 saturated heterocycles. The molecule has 2 rings (SSSR count). The second-order valence-electron chi connectivity index (χ2n) is 5.04. The Bertz CT molecular complexity index is 411. The van der Waals surface area contributed by atoms with Crippen LogP contribution in [0.4, 0.5) is 4.39 Å². The molecule has 3 nitrogen and oxygen atoms in total. The summed E-state index contributed by atoms with van der Waals surface area (Å²) in [6, 6.07) is 4.66. The molecule has 1 aliphatic rings. The Morgan fingerprint density at radius 1 is 1.37 bits per heavy atom. The first kappa shape index (κ1) is 14.3. The number of benzene rings is 1. The Morgan fingerprint density at radius 2 is 2.16 bits per heavy atom. The Labute approximate surface area is 113 Å². The lowest BCUT2D eigenvalue weighted by Crippen LogP contribution is -2.20. The molecule has 1 heterocycles. The first-order valence-corrected chi connectivity index (χ1v) is 6.91. The third kappa shape index (κ3) is 3.91. The normalized spacial score (nSPS) is 22.7. The van der Waals surface area contributed by atoms with Crippen LogP contribution in [0.5, 0.6) is 5.75 Å². The SMILES string of the molecule is COc1ccc(F)cc1CCCC1CCC(CN)O1. The van der Waals surface area contributed by atoms with Gasteiger partial charge in [-0.2, -0.15) is 0 Å².